The molecule has 1 saturated carbocycles. The van der Waals surface area contributed by atoms with Crippen LogP contribution in [0.4, 0.5) is 0 Å². The summed E-state index contributed by atoms with van der Waals surface area (Å²) in [5.41, 5.74) is 3.43. The fourth-order valence-corrected chi connectivity index (χ4v) is 3.80. The van der Waals surface area contributed by atoms with Crippen molar-refractivity contribution in [1.82, 2.24) is 15.3 Å². The minimum Gasteiger partial charge on any atom is -0.294 e. The molecule has 0 aromatic rings. The van der Waals surface area contributed by atoms with E-state index in [1.807, 2.05) is 11.9 Å². The highest BCUT2D eigenvalue weighted by atomic mass is 16.2. The molecule has 1 N–H and O–H groups in total. The van der Waals surface area contributed by atoms with Gasteiger partial charge < -0.3 is 0 Å². The van der Waals surface area contributed by atoms with Crippen LogP contribution in [0.1, 0.15) is 33.6 Å². The molecule has 2 heterocycles. The van der Waals surface area contributed by atoms with E-state index < -0.39 is 0 Å². The van der Waals surface area contributed by atoms with Gasteiger partial charge in [-0.05, 0) is 26.2 Å². The average Bonchev–Trinajstić information content (AvgIpc) is 2.91. The van der Waals surface area contributed by atoms with Gasteiger partial charge in [-0.3, -0.25) is 14.7 Å². The largest absolute Gasteiger partial charge is 0.294 e. The molecule has 0 aromatic heterocycles. The van der Waals surface area contributed by atoms with Crippen molar-refractivity contribution >= 4 is 5.91 Å². The first kappa shape index (κ1) is 10.5. The van der Waals surface area contributed by atoms with E-state index in [1.165, 1.54) is 13.0 Å². The van der Waals surface area contributed by atoms with E-state index in [4.69, 9.17) is 0 Å². The maximum atomic E-state index is 11.8. The number of nitrogens with one attached hydrogen (secondary N) is 1. The summed E-state index contributed by atoms with van der Waals surface area (Å²) in [5.74, 6) is 1.01. The predicted molar refractivity (Wildman–Crippen MR) is 61.6 cm³/mol. The van der Waals surface area contributed by atoms with E-state index in [9.17, 15) is 4.79 Å². The van der Waals surface area contributed by atoms with Crippen LogP contribution < -0.4 is 5.43 Å². The van der Waals surface area contributed by atoms with Crippen molar-refractivity contribution < 1.29 is 4.79 Å². The zero-order valence-corrected chi connectivity index (χ0v) is 10.3. The lowest BCUT2D eigenvalue weighted by Gasteiger charge is -2.38. The van der Waals surface area contributed by atoms with E-state index in [-0.39, 0.29) is 5.91 Å². The number of hydrogen-bond donors (Lipinski definition) is 1. The van der Waals surface area contributed by atoms with Gasteiger partial charge in [-0.1, -0.05) is 6.92 Å². The van der Waals surface area contributed by atoms with Crippen LogP contribution in [0.3, 0.4) is 0 Å². The number of piperidine rings is 1. The third-order valence-corrected chi connectivity index (χ3v) is 4.50. The second-order valence-corrected chi connectivity index (χ2v) is 5.62. The summed E-state index contributed by atoms with van der Waals surface area (Å²) >= 11 is 0. The molecule has 2 aliphatic heterocycles. The SMILES string of the molecule is CCC(=O)N1NC2C3C[C@H]1C2N(C(C)C)C3. The summed E-state index contributed by atoms with van der Waals surface area (Å²) in [6.07, 6.45) is 1.81. The molecule has 2 saturated heterocycles. The predicted octanol–water partition coefficient (Wildman–Crippen LogP) is 0.593. The first-order valence-electron chi connectivity index (χ1n) is 6.47. The van der Waals surface area contributed by atoms with E-state index in [1.54, 1.807) is 0 Å². The minimum absolute atomic E-state index is 0.251. The van der Waals surface area contributed by atoms with Crippen molar-refractivity contribution in [2.75, 3.05) is 6.54 Å². The van der Waals surface area contributed by atoms with Crippen LogP contribution in [0.2, 0.25) is 0 Å². The molecule has 4 bridgehead atoms. The molecular weight excluding hydrogens is 202 g/mol. The van der Waals surface area contributed by atoms with Crippen LogP contribution in [0, 0.1) is 5.92 Å². The molecule has 0 radical (unpaired) electrons. The maximum absolute atomic E-state index is 11.8. The van der Waals surface area contributed by atoms with Crippen molar-refractivity contribution in [3.8, 4) is 0 Å². The lowest BCUT2D eigenvalue weighted by Crippen LogP contribution is -2.53. The van der Waals surface area contributed by atoms with Gasteiger partial charge in [0, 0.05) is 31.1 Å². The van der Waals surface area contributed by atoms with Crippen molar-refractivity contribution in [2.45, 2.75) is 57.8 Å². The maximum Gasteiger partial charge on any atom is 0.236 e. The lowest BCUT2D eigenvalue weighted by atomic mass is 10.0. The Morgan fingerprint density at radius 2 is 2.25 bits per heavy atom. The number of amides is 1. The Hall–Kier alpha value is -0.610. The van der Waals surface area contributed by atoms with Gasteiger partial charge in [0.05, 0.1) is 6.04 Å². The standard InChI is InChI=1S/C12H21N3O/c1-4-10(16)15-9-5-8-6-14(7(2)3)12(9)11(8)13-15/h7-9,11-13H,4-6H2,1-3H3/t8?,9-,11?,12?/m0/s1. The number of likely N-dealkylation sites (tertiary alicyclic amines) is 1. The van der Waals surface area contributed by atoms with Crippen LogP contribution in [-0.4, -0.2) is 46.5 Å². The molecule has 3 aliphatic rings. The minimum atomic E-state index is 0.251. The third kappa shape index (κ3) is 1.20. The molecule has 1 aliphatic carbocycles. The van der Waals surface area contributed by atoms with Gasteiger partial charge in [-0.15, -0.1) is 0 Å². The van der Waals surface area contributed by atoms with Gasteiger partial charge in [0.1, 0.15) is 0 Å². The highest BCUT2D eigenvalue weighted by Crippen LogP contribution is 2.45. The third-order valence-electron chi connectivity index (χ3n) is 4.50. The summed E-state index contributed by atoms with van der Waals surface area (Å²) in [6, 6.07) is 2.13. The fourth-order valence-electron chi connectivity index (χ4n) is 3.80. The smallest absolute Gasteiger partial charge is 0.236 e. The Morgan fingerprint density at radius 1 is 1.50 bits per heavy atom. The van der Waals surface area contributed by atoms with E-state index in [0.717, 1.165) is 5.92 Å². The molecule has 0 aromatic carbocycles. The van der Waals surface area contributed by atoms with Crippen LogP contribution in [0.25, 0.3) is 0 Å². The topological polar surface area (TPSA) is 35.6 Å². The average molecular weight is 223 g/mol. The lowest BCUT2D eigenvalue weighted by molar-refractivity contribution is -0.137. The van der Waals surface area contributed by atoms with E-state index in [2.05, 4.69) is 24.2 Å². The van der Waals surface area contributed by atoms with E-state index in [0.29, 0.717) is 30.6 Å². The first-order chi connectivity index (χ1) is 7.63. The molecule has 4 nitrogen and oxygen atoms in total. The number of hydrazine groups is 1. The second-order valence-electron chi connectivity index (χ2n) is 5.62. The van der Waals surface area contributed by atoms with Gasteiger partial charge in [0.25, 0.3) is 0 Å². The van der Waals surface area contributed by atoms with Gasteiger partial charge in [-0.25, -0.2) is 5.43 Å². The Kier molecular flexibility index (Phi) is 2.27. The fraction of sp³-hybridized carbons (Fsp3) is 0.917. The normalized spacial score (nSPS) is 41.4. The molecule has 16 heavy (non-hydrogen) atoms. The van der Waals surface area contributed by atoms with Gasteiger partial charge >= 0.3 is 0 Å². The number of rotatable bonds is 2. The van der Waals surface area contributed by atoms with Gasteiger partial charge in [0.15, 0.2) is 0 Å². The Labute approximate surface area is 96.9 Å². The monoisotopic (exact) mass is 223 g/mol. The summed E-state index contributed by atoms with van der Waals surface area (Å²) in [6.45, 7) is 7.66. The molecule has 4 heteroatoms. The zero-order valence-electron chi connectivity index (χ0n) is 10.3. The Morgan fingerprint density at radius 3 is 2.88 bits per heavy atom. The molecule has 4 atom stereocenters. The van der Waals surface area contributed by atoms with Crippen LogP contribution in [-0.2, 0) is 4.79 Å². The Bertz CT molecular complexity index is 317. The first-order valence-corrected chi connectivity index (χ1v) is 6.47. The summed E-state index contributed by atoms with van der Waals surface area (Å²) in [4.78, 5) is 14.4. The molecule has 3 unspecified atom stereocenters. The number of nitrogens with zero attached hydrogens (tertiary/aromatic N) is 2. The van der Waals surface area contributed by atoms with Crippen molar-refractivity contribution in [2.24, 2.45) is 5.92 Å². The van der Waals surface area contributed by atoms with Crippen LogP contribution in [0.5, 0.6) is 0 Å². The molecular formula is C12H21N3O. The highest BCUT2D eigenvalue weighted by Gasteiger charge is 2.60. The van der Waals surface area contributed by atoms with E-state index >= 15 is 0 Å². The van der Waals surface area contributed by atoms with Crippen LogP contribution in [0.15, 0.2) is 0 Å². The molecule has 1 amide bonds. The van der Waals surface area contributed by atoms with Crippen LogP contribution >= 0.6 is 0 Å². The second kappa shape index (κ2) is 3.44. The summed E-state index contributed by atoms with van der Waals surface area (Å²) < 4.78 is 0. The molecule has 0 spiro atoms. The summed E-state index contributed by atoms with van der Waals surface area (Å²) in [5, 5.41) is 1.92. The molecule has 90 valence electrons. The quantitative estimate of drug-likeness (QED) is 0.744. The van der Waals surface area contributed by atoms with Gasteiger partial charge in [-0.2, -0.15) is 0 Å². The number of carbonyl (C=O) groups excluding carboxylic acids is 1. The zero-order chi connectivity index (χ0) is 11.4. The summed E-state index contributed by atoms with van der Waals surface area (Å²) in [7, 11) is 0. The van der Waals surface area contributed by atoms with Gasteiger partial charge in [0.2, 0.25) is 5.91 Å². The van der Waals surface area contributed by atoms with Crippen molar-refractivity contribution in [3.05, 3.63) is 0 Å². The molecule has 3 fully saturated rings. The molecule has 3 rings (SSSR count). The van der Waals surface area contributed by atoms with Crippen molar-refractivity contribution in [3.63, 3.8) is 0 Å². The van der Waals surface area contributed by atoms with Crippen molar-refractivity contribution in [1.29, 1.82) is 0 Å². The number of hydrogen-bond acceptors (Lipinski definition) is 3. The Balaban J connectivity index is 1.81. The number of carbonyl (C=O) groups is 1. The highest BCUT2D eigenvalue weighted by molar-refractivity contribution is 5.76.